The zero-order valence-electron chi connectivity index (χ0n) is 12.8. The van der Waals surface area contributed by atoms with Gasteiger partial charge in [0, 0.05) is 0 Å². The maximum absolute atomic E-state index is 13.0. The first-order valence-electron chi connectivity index (χ1n) is 7.61. The molecule has 0 N–H and O–H groups in total. The highest BCUT2D eigenvalue weighted by Crippen LogP contribution is 2.39. The van der Waals surface area contributed by atoms with Gasteiger partial charge in [-0.1, -0.05) is 37.3 Å². The first kappa shape index (κ1) is 15.1. The van der Waals surface area contributed by atoms with Gasteiger partial charge in [-0.2, -0.15) is 0 Å². The van der Waals surface area contributed by atoms with Gasteiger partial charge in [-0.15, -0.1) is 5.10 Å². The molecule has 118 valence electrons. The van der Waals surface area contributed by atoms with Crippen LogP contribution in [0.15, 0.2) is 30.3 Å². The van der Waals surface area contributed by atoms with Crippen molar-refractivity contribution in [3.05, 3.63) is 41.7 Å². The van der Waals surface area contributed by atoms with Crippen LogP contribution in [0.1, 0.15) is 61.0 Å². The maximum atomic E-state index is 13.0. The summed E-state index contributed by atoms with van der Waals surface area (Å²) in [5.41, 5.74) is 0.822. The van der Waals surface area contributed by atoms with E-state index < -0.39 is 20.3 Å². The summed E-state index contributed by atoms with van der Waals surface area (Å²) in [7, 11) is -3.42. The third-order valence-corrected chi connectivity index (χ3v) is 6.80. The van der Waals surface area contributed by atoms with Gasteiger partial charge in [0.25, 0.3) is 0 Å². The third-order valence-electron chi connectivity index (χ3n) is 4.21. The number of benzene rings is 1. The number of sulfone groups is 1. The van der Waals surface area contributed by atoms with Crippen LogP contribution in [0.25, 0.3) is 0 Å². The minimum atomic E-state index is -3.42. The highest BCUT2D eigenvalue weighted by molar-refractivity contribution is 7.91. The van der Waals surface area contributed by atoms with Crippen LogP contribution in [0.4, 0.5) is 0 Å². The fourth-order valence-electron chi connectivity index (χ4n) is 2.77. The van der Waals surface area contributed by atoms with Crippen LogP contribution in [-0.4, -0.2) is 28.6 Å². The Morgan fingerprint density at radius 3 is 2.55 bits per heavy atom. The predicted molar refractivity (Wildman–Crippen MR) is 82.9 cm³/mol. The van der Waals surface area contributed by atoms with Gasteiger partial charge in [0.2, 0.25) is 0 Å². The molecule has 1 aliphatic rings. The third kappa shape index (κ3) is 2.65. The molecule has 2 atom stereocenters. The average Bonchev–Trinajstić information content (AvgIpc) is 3.25. The second-order valence-corrected chi connectivity index (χ2v) is 8.21. The Morgan fingerprint density at radius 2 is 1.95 bits per heavy atom. The van der Waals surface area contributed by atoms with Crippen LogP contribution >= 0.6 is 0 Å². The quantitative estimate of drug-likeness (QED) is 0.817. The summed E-state index contributed by atoms with van der Waals surface area (Å²) in [4.78, 5) is 0. The number of rotatable bonds is 6. The lowest BCUT2D eigenvalue weighted by Gasteiger charge is -2.21. The van der Waals surface area contributed by atoms with Crippen LogP contribution in [0.2, 0.25) is 0 Å². The van der Waals surface area contributed by atoms with E-state index in [4.69, 9.17) is 0 Å². The molecule has 1 aromatic carbocycles. The van der Waals surface area contributed by atoms with E-state index in [9.17, 15) is 8.42 Å². The molecule has 0 bridgehead atoms. The summed E-state index contributed by atoms with van der Waals surface area (Å²) >= 11 is 0. The number of hydrogen-bond acceptors (Lipinski definition) is 5. The summed E-state index contributed by atoms with van der Waals surface area (Å²) in [6, 6.07) is 9.61. The van der Waals surface area contributed by atoms with E-state index in [1.807, 2.05) is 37.3 Å². The van der Waals surface area contributed by atoms with Gasteiger partial charge in [0.15, 0.2) is 15.7 Å². The van der Waals surface area contributed by atoms with E-state index >= 15 is 0 Å². The number of aromatic nitrogens is 4. The Morgan fingerprint density at radius 1 is 1.27 bits per heavy atom. The number of tetrazole rings is 1. The van der Waals surface area contributed by atoms with Gasteiger partial charge >= 0.3 is 0 Å². The zero-order chi connectivity index (χ0) is 15.7. The normalized spacial score (nSPS) is 18.1. The summed E-state index contributed by atoms with van der Waals surface area (Å²) in [5, 5.41) is 10.4. The first-order chi connectivity index (χ1) is 10.6. The monoisotopic (exact) mass is 320 g/mol. The van der Waals surface area contributed by atoms with Crippen LogP contribution < -0.4 is 0 Å². The van der Waals surface area contributed by atoms with E-state index in [-0.39, 0.29) is 6.04 Å². The van der Waals surface area contributed by atoms with Crippen molar-refractivity contribution in [1.82, 2.24) is 20.2 Å². The van der Waals surface area contributed by atoms with Crippen molar-refractivity contribution in [2.75, 3.05) is 0 Å². The molecule has 0 aliphatic heterocycles. The summed E-state index contributed by atoms with van der Waals surface area (Å²) < 4.78 is 27.8. The maximum Gasteiger partial charge on any atom is 0.169 e. The Kier molecular flexibility index (Phi) is 3.99. The second-order valence-electron chi connectivity index (χ2n) is 5.75. The van der Waals surface area contributed by atoms with Crippen LogP contribution in [0, 0.1) is 0 Å². The van der Waals surface area contributed by atoms with E-state index in [1.165, 1.54) is 0 Å². The zero-order valence-corrected chi connectivity index (χ0v) is 13.6. The molecule has 1 fully saturated rings. The lowest BCUT2D eigenvalue weighted by Crippen LogP contribution is -2.22. The minimum Gasteiger partial charge on any atom is -0.227 e. The van der Waals surface area contributed by atoms with E-state index in [1.54, 1.807) is 11.6 Å². The van der Waals surface area contributed by atoms with E-state index in [2.05, 4.69) is 15.5 Å². The van der Waals surface area contributed by atoms with Crippen LogP contribution in [0.5, 0.6) is 0 Å². The molecular formula is C15H20N4O2S. The van der Waals surface area contributed by atoms with Crippen molar-refractivity contribution in [2.24, 2.45) is 0 Å². The Balaban J connectivity index is 1.95. The molecule has 0 amide bonds. The fourth-order valence-corrected chi connectivity index (χ4v) is 4.71. The van der Waals surface area contributed by atoms with Crippen molar-refractivity contribution in [3.8, 4) is 0 Å². The molecule has 3 rings (SSSR count). The van der Waals surface area contributed by atoms with Crippen molar-refractivity contribution >= 4 is 9.84 Å². The molecule has 2 unspecified atom stereocenters. The van der Waals surface area contributed by atoms with Crippen molar-refractivity contribution in [2.45, 2.75) is 49.7 Å². The highest BCUT2D eigenvalue weighted by atomic mass is 32.2. The minimum absolute atomic E-state index is 0.263. The van der Waals surface area contributed by atoms with E-state index in [0.717, 1.165) is 18.4 Å². The molecule has 22 heavy (non-hydrogen) atoms. The molecule has 7 heteroatoms. The molecule has 1 aromatic heterocycles. The first-order valence-corrected chi connectivity index (χ1v) is 9.22. The summed E-state index contributed by atoms with van der Waals surface area (Å²) in [6.07, 6.45) is 2.56. The number of hydrogen-bond donors (Lipinski definition) is 0. The fraction of sp³-hybridized carbons (Fsp3) is 0.533. The lowest BCUT2D eigenvalue weighted by molar-refractivity contribution is 0.546. The topological polar surface area (TPSA) is 77.7 Å². The van der Waals surface area contributed by atoms with Crippen LogP contribution in [-0.2, 0) is 9.84 Å². The van der Waals surface area contributed by atoms with Crippen molar-refractivity contribution < 1.29 is 8.42 Å². The Hall–Kier alpha value is -1.76. The molecule has 2 aromatic rings. The standard InChI is InChI=1S/C15H20N4O2S/c1-3-14(12-7-5-4-6-8-12)22(20,21)11(2)15-16-17-18-19(15)13-9-10-13/h4-8,11,13-14H,3,9-10H2,1-2H3. The van der Waals surface area contributed by atoms with Gasteiger partial charge in [0.1, 0.15) is 5.25 Å². The second kappa shape index (κ2) is 5.79. The molecule has 0 saturated heterocycles. The smallest absolute Gasteiger partial charge is 0.169 e. The van der Waals surface area contributed by atoms with Gasteiger partial charge in [0.05, 0.1) is 11.3 Å². The molecule has 6 nitrogen and oxygen atoms in total. The van der Waals surface area contributed by atoms with Gasteiger partial charge in [-0.05, 0) is 42.2 Å². The van der Waals surface area contributed by atoms with Gasteiger partial charge < -0.3 is 0 Å². The SMILES string of the molecule is CCC(c1ccccc1)S(=O)(=O)C(C)c1nnnn1C1CC1. The van der Waals surface area contributed by atoms with E-state index in [0.29, 0.717) is 12.2 Å². The van der Waals surface area contributed by atoms with Gasteiger partial charge in [-0.25, -0.2) is 13.1 Å². The molecule has 1 saturated carbocycles. The molecule has 1 heterocycles. The lowest BCUT2D eigenvalue weighted by atomic mass is 10.1. The summed E-state index contributed by atoms with van der Waals surface area (Å²) in [5.74, 6) is 0.455. The molecule has 0 radical (unpaired) electrons. The van der Waals surface area contributed by atoms with Crippen LogP contribution in [0.3, 0.4) is 0 Å². The van der Waals surface area contributed by atoms with Crippen molar-refractivity contribution in [1.29, 1.82) is 0 Å². The van der Waals surface area contributed by atoms with Gasteiger partial charge in [-0.3, -0.25) is 0 Å². The Bertz CT molecular complexity index is 738. The number of nitrogens with zero attached hydrogens (tertiary/aromatic N) is 4. The molecular weight excluding hydrogens is 300 g/mol. The predicted octanol–water partition coefficient (Wildman–Crippen LogP) is 2.64. The average molecular weight is 320 g/mol. The van der Waals surface area contributed by atoms with Crippen molar-refractivity contribution in [3.63, 3.8) is 0 Å². The largest absolute Gasteiger partial charge is 0.227 e. The molecule has 0 spiro atoms. The molecule has 1 aliphatic carbocycles. The summed E-state index contributed by atoms with van der Waals surface area (Å²) in [6.45, 7) is 3.58. The highest BCUT2D eigenvalue weighted by Gasteiger charge is 2.38. The Labute approximate surface area is 130 Å².